The first kappa shape index (κ1) is 16.7. The highest BCUT2D eigenvalue weighted by Crippen LogP contribution is 2.39. The highest BCUT2D eigenvalue weighted by atomic mass is 16.5. The van der Waals surface area contributed by atoms with Gasteiger partial charge >= 0.3 is 12.0 Å². The Morgan fingerprint density at radius 3 is 2.10 bits per heavy atom. The van der Waals surface area contributed by atoms with Crippen molar-refractivity contribution < 1.29 is 24.2 Å². The van der Waals surface area contributed by atoms with E-state index in [4.69, 9.17) is 9.47 Å². The summed E-state index contributed by atoms with van der Waals surface area (Å²) in [5.74, 6) is -0.984. The molecule has 1 unspecified atom stereocenters. The monoisotopic (exact) mass is 288 g/mol. The Morgan fingerprint density at radius 2 is 1.75 bits per heavy atom. The van der Waals surface area contributed by atoms with E-state index < -0.39 is 17.5 Å². The maximum Gasteiger partial charge on any atom is 0.329 e. The molecule has 0 aromatic heterocycles. The topological polar surface area (TPSA) is 88.1 Å². The zero-order valence-electron chi connectivity index (χ0n) is 12.3. The molecular formula is C13H24N2O5. The van der Waals surface area contributed by atoms with E-state index in [1.807, 2.05) is 0 Å². The lowest BCUT2D eigenvalue weighted by atomic mass is 9.96. The van der Waals surface area contributed by atoms with Crippen LogP contribution in [0.1, 0.15) is 19.8 Å². The van der Waals surface area contributed by atoms with Gasteiger partial charge < -0.3 is 24.8 Å². The summed E-state index contributed by atoms with van der Waals surface area (Å²) in [6.45, 7) is 3.14. The number of carboxylic acid groups (broad SMARTS) is 1. The molecule has 0 saturated heterocycles. The van der Waals surface area contributed by atoms with Crippen LogP contribution in [-0.2, 0) is 14.3 Å². The molecule has 1 aliphatic carbocycles. The van der Waals surface area contributed by atoms with Crippen molar-refractivity contribution in [1.82, 2.24) is 10.2 Å². The number of hydrogen-bond donors (Lipinski definition) is 2. The maximum absolute atomic E-state index is 12.2. The van der Waals surface area contributed by atoms with Gasteiger partial charge in [-0.15, -0.1) is 0 Å². The number of ether oxygens (including phenoxy) is 2. The van der Waals surface area contributed by atoms with E-state index in [0.717, 1.165) is 12.8 Å². The van der Waals surface area contributed by atoms with E-state index in [1.54, 1.807) is 21.1 Å². The molecule has 0 spiro atoms. The number of urea groups is 1. The molecule has 0 aromatic carbocycles. The Labute approximate surface area is 119 Å². The highest BCUT2D eigenvalue weighted by molar-refractivity contribution is 5.86. The van der Waals surface area contributed by atoms with Crippen molar-refractivity contribution in [3.05, 3.63) is 0 Å². The van der Waals surface area contributed by atoms with Crippen LogP contribution < -0.4 is 5.32 Å². The Kier molecular flexibility index (Phi) is 6.22. The fraction of sp³-hybridized carbons (Fsp3) is 0.846. The Balaban J connectivity index is 2.65. The average Bonchev–Trinajstić information content (AvgIpc) is 3.23. The van der Waals surface area contributed by atoms with Crippen molar-refractivity contribution in [3.63, 3.8) is 0 Å². The van der Waals surface area contributed by atoms with E-state index in [2.05, 4.69) is 5.32 Å². The molecule has 2 N–H and O–H groups in total. The molecule has 7 heteroatoms. The number of nitrogens with zero attached hydrogens (tertiary/aromatic N) is 1. The molecule has 0 heterocycles. The number of carbonyl (C=O) groups is 2. The Hall–Kier alpha value is -1.34. The zero-order chi connectivity index (χ0) is 15.2. The molecule has 1 fully saturated rings. The number of rotatable bonds is 9. The SMILES string of the molecule is COCCN(CCOC)C(=O)NC(C)(C(=O)O)C1CC1. The van der Waals surface area contributed by atoms with Gasteiger partial charge in [0, 0.05) is 27.3 Å². The summed E-state index contributed by atoms with van der Waals surface area (Å²) >= 11 is 0. The molecule has 0 aromatic rings. The molecule has 116 valence electrons. The lowest BCUT2D eigenvalue weighted by Gasteiger charge is -2.30. The lowest BCUT2D eigenvalue weighted by Crippen LogP contribution is -2.58. The van der Waals surface area contributed by atoms with Crippen LogP contribution >= 0.6 is 0 Å². The van der Waals surface area contributed by atoms with Gasteiger partial charge in [-0.2, -0.15) is 0 Å². The number of hydrogen-bond acceptors (Lipinski definition) is 4. The number of amides is 2. The van der Waals surface area contributed by atoms with Crippen LogP contribution in [0.3, 0.4) is 0 Å². The van der Waals surface area contributed by atoms with Crippen molar-refractivity contribution in [1.29, 1.82) is 0 Å². The third-order valence-electron chi connectivity index (χ3n) is 3.62. The summed E-state index contributed by atoms with van der Waals surface area (Å²) in [5, 5.41) is 12.0. The van der Waals surface area contributed by atoms with Gasteiger partial charge in [0.05, 0.1) is 13.2 Å². The molecule has 1 saturated carbocycles. The van der Waals surface area contributed by atoms with Crippen LogP contribution in [0.25, 0.3) is 0 Å². The highest BCUT2D eigenvalue weighted by Gasteiger charge is 2.49. The Morgan fingerprint density at radius 1 is 1.25 bits per heavy atom. The van der Waals surface area contributed by atoms with E-state index in [9.17, 15) is 14.7 Å². The Bertz CT molecular complexity index is 338. The second-order valence-corrected chi connectivity index (χ2v) is 5.18. The van der Waals surface area contributed by atoms with Crippen molar-refractivity contribution >= 4 is 12.0 Å². The van der Waals surface area contributed by atoms with Gasteiger partial charge in [0.25, 0.3) is 0 Å². The number of methoxy groups -OCH3 is 2. The quantitative estimate of drug-likeness (QED) is 0.646. The van der Waals surface area contributed by atoms with Crippen LogP contribution in [0.4, 0.5) is 4.79 Å². The molecule has 20 heavy (non-hydrogen) atoms. The van der Waals surface area contributed by atoms with E-state index >= 15 is 0 Å². The number of nitrogens with one attached hydrogen (secondary N) is 1. The van der Waals surface area contributed by atoms with Gasteiger partial charge in [0.1, 0.15) is 5.54 Å². The van der Waals surface area contributed by atoms with Gasteiger partial charge in [-0.05, 0) is 25.7 Å². The van der Waals surface area contributed by atoms with Crippen molar-refractivity contribution in [3.8, 4) is 0 Å². The van der Waals surface area contributed by atoms with Gasteiger partial charge in [0.15, 0.2) is 0 Å². The number of carbonyl (C=O) groups excluding carboxylic acids is 1. The van der Waals surface area contributed by atoms with Crippen LogP contribution in [0.2, 0.25) is 0 Å². The minimum absolute atomic E-state index is 0.00986. The van der Waals surface area contributed by atoms with E-state index in [1.165, 1.54) is 4.90 Å². The molecule has 0 aliphatic heterocycles. The van der Waals surface area contributed by atoms with Crippen LogP contribution in [0.5, 0.6) is 0 Å². The molecule has 1 atom stereocenters. The summed E-state index contributed by atoms with van der Waals surface area (Å²) in [4.78, 5) is 25.2. The van der Waals surface area contributed by atoms with E-state index in [0.29, 0.717) is 26.3 Å². The third kappa shape index (κ3) is 4.35. The largest absolute Gasteiger partial charge is 0.480 e. The van der Waals surface area contributed by atoms with Gasteiger partial charge in [-0.25, -0.2) is 9.59 Å². The predicted octanol–water partition coefficient (Wildman–Crippen LogP) is 0.544. The lowest BCUT2D eigenvalue weighted by molar-refractivity contribution is -0.144. The molecule has 0 bridgehead atoms. The summed E-state index contributed by atoms with van der Waals surface area (Å²) in [6.07, 6.45) is 1.67. The minimum Gasteiger partial charge on any atom is -0.480 e. The molecular weight excluding hydrogens is 264 g/mol. The first-order valence-corrected chi connectivity index (χ1v) is 6.74. The van der Waals surface area contributed by atoms with Gasteiger partial charge in [-0.1, -0.05) is 0 Å². The van der Waals surface area contributed by atoms with Crippen molar-refractivity contribution in [2.24, 2.45) is 5.92 Å². The van der Waals surface area contributed by atoms with Crippen LogP contribution in [0.15, 0.2) is 0 Å². The smallest absolute Gasteiger partial charge is 0.329 e. The summed E-state index contributed by atoms with van der Waals surface area (Å²) in [7, 11) is 3.11. The van der Waals surface area contributed by atoms with Gasteiger partial charge in [0.2, 0.25) is 0 Å². The normalized spacial score (nSPS) is 17.4. The standard InChI is InChI=1S/C13H24N2O5/c1-13(11(16)17,10-4-5-10)14-12(18)15(6-8-19-2)7-9-20-3/h10H,4-9H2,1-3H3,(H,14,18)(H,16,17). The number of carboxylic acids is 1. The molecule has 2 amide bonds. The van der Waals surface area contributed by atoms with Crippen LogP contribution in [0, 0.1) is 5.92 Å². The second kappa shape index (κ2) is 7.44. The van der Waals surface area contributed by atoms with Crippen LogP contribution in [-0.4, -0.2) is 68.1 Å². The fourth-order valence-corrected chi connectivity index (χ4v) is 2.01. The molecule has 1 rings (SSSR count). The number of aliphatic carboxylic acids is 1. The predicted molar refractivity (Wildman–Crippen MR) is 72.6 cm³/mol. The summed E-state index contributed by atoms with van der Waals surface area (Å²) in [6, 6.07) is -0.393. The summed E-state index contributed by atoms with van der Waals surface area (Å²) in [5.41, 5.74) is -1.20. The van der Waals surface area contributed by atoms with Gasteiger partial charge in [-0.3, -0.25) is 0 Å². The third-order valence-corrected chi connectivity index (χ3v) is 3.62. The molecule has 7 nitrogen and oxygen atoms in total. The molecule has 0 radical (unpaired) electrons. The second-order valence-electron chi connectivity index (χ2n) is 5.18. The average molecular weight is 288 g/mol. The zero-order valence-corrected chi connectivity index (χ0v) is 12.3. The minimum atomic E-state index is -1.20. The fourth-order valence-electron chi connectivity index (χ4n) is 2.01. The molecule has 1 aliphatic rings. The first-order valence-electron chi connectivity index (χ1n) is 6.74. The summed E-state index contributed by atoms with van der Waals surface area (Å²) < 4.78 is 9.92. The first-order chi connectivity index (χ1) is 9.45. The van der Waals surface area contributed by atoms with Crippen molar-refractivity contribution in [2.45, 2.75) is 25.3 Å². The van der Waals surface area contributed by atoms with Crippen molar-refractivity contribution in [2.75, 3.05) is 40.5 Å². The van der Waals surface area contributed by atoms with E-state index in [-0.39, 0.29) is 5.92 Å². The maximum atomic E-state index is 12.2.